The lowest BCUT2D eigenvalue weighted by Gasteiger charge is -2.13. The summed E-state index contributed by atoms with van der Waals surface area (Å²) in [6.45, 7) is 0. The van der Waals surface area contributed by atoms with Crippen LogP contribution in [-0.4, -0.2) is 14.5 Å². The van der Waals surface area contributed by atoms with E-state index in [1.165, 1.54) is 85.0 Å². The topological polar surface area (TPSA) is 30.7 Å². The van der Waals surface area contributed by atoms with Crippen LogP contribution in [0.5, 0.6) is 0 Å². The van der Waals surface area contributed by atoms with E-state index in [0.29, 0.717) is 0 Å². The molecule has 4 heterocycles. The molecule has 5 heteroatoms. The van der Waals surface area contributed by atoms with Crippen molar-refractivity contribution in [1.82, 2.24) is 14.5 Å². The first-order chi connectivity index (χ1) is 32.2. The van der Waals surface area contributed by atoms with Gasteiger partial charge in [-0.25, -0.2) is 9.97 Å². The Morgan fingerprint density at radius 1 is 0.338 bits per heavy atom. The minimum absolute atomic E-state index is 0.725. The van der Waals surface area contributed by atoms with Gasteiger partial charge < -0.3 is 4.57 Å². The normalized spacial score (nSPS) is 12.0. The third-order valence-electron chi connectivity index (χ3n) is 13.1. The second-order valence-electron chi connectivity index (χ2n) is 16.9. The van der Waals surface area contributed by atoms with E-state index >= 15 is 0 Å². The predicted molar refractivity (Wildman–Crippen MR) is 279 cm³/mol. The standard InChI is InChI=1S/C60H35N3S2/c1-3-14-36(15-4-1)42-30-43(37-16-5-2-6-17-37)32-44(31-42)57-59-58(47-22-11-12-24-52(47)65-59)62-60(61-57)41-26-28-46-54(35-41)64-53-25-13-23-49(56(46)53)63-50-29-27-38-18-9-10-21-45(38)55(50)48-33-39-19-7-8-20-40(39)34-51(48)63/h1-35H. The van der Waals surface area contributed by atoms with E-state index < -0.39 is 0 Å². The molecule has 0 N–H and O–H groups in total. The summed E-state index contributed by atoms with van der Waals surface area (Å²) in [7, 11) is 0. The van der Waals surface area contributed by atoms with E-state index in [4.69, 9.17) is 9.97 Å². The van der Waals surface area contributed by atoms with Gasteiger partial charge in [0.25, 0.3) is 0 Å². The lowest BCUT2D eigenvalue weighted by molar-refractivity contribution is 1.20. The maximum atomic E-state index is 5.54. The quantitative estimate of drug-likeness (QED) is 0.173. The minimum Gasteiger partial charge on any atom is -0.309 e. The highest BCUT2D eigenvalue weighted by Gasteiger charge is 2.22. The molecule has 0 aliphatic rings. The van der Waals surface area contributed by atoms with E-state index in [9.17, 15) is 0 Å². The first kappa shape index (κ1) is 36.5. The molecule has 0 saturated heterocycles. The number of benzene rings is 10. The molecule has 302 valence electrons. The number of hydrogen-bond donors (Lipinski definition) is 0. The molecule has 14 aromatic rings. The Balaban J connectivity index is 0.990. The van der Waals surface area contributed by atoms with Crippen molar-refractivity contribution >= 4 is 106 Å². The third-order valence-corrected chi connectivity index (χ3v) is 15.4. The van der Waals surface area contributed by atoms with Crippen molar-refractivity contribution in [3.8, 4) is 50.6 Å². The molecule has 14 rings (SSSR count). The van der Waals surface area contributed by atoms with Crippen molar-refractivity contribution in [2.45, 2.75) is 0 Å². The summed E-state index contributed by atoms with van der Waals surface area (Å²) in [6, 6.07) is 77.3. The number of fused-ring (bicyclic) bond motifs is 12. The van der Waals surface area contributed by atoms with E-state index in [1.54, 1.807) is 11.3 Å². The van der Waals surface area contributed by atoms with Crippen LogP contribution in [-0.2, 0) is 0 Å². The van der Waals surface area contributed by atoms with Gasteiger partial charge in [-0.1, -0.05) is 152 Å². The minimum atomic E-state index is 0.725. The fourth-order valence-corrected chi connectivity index (χ4v) is 12.5. The zero-order chi connectivity index (χ0) is 42.6. The van der Waals surface area contributed by atoms with Crippen LogP contribution in [0.15, 0.2) is 212 Å². The molecule has 0 bridgehead atoms. The molecule has 0 saturated carbocycles. The Kier molecular flexibility index (Phi) is 8.02. The van der Waals surface area contributed by atoms with Crippen LogP contribution in [0.3, 0.4) is 0 Å². The van der Waals surface area contributed by atoms with Crippen molar-refractivity contribution in [1.29, 1.82) is 0 Å². The molecule has 0 amide bonds. The van der Waals surface area contributed by atoms with Crippen LogP contribution >= 0.6 is 22.7 Å². The van der Waals surface area contributed by atoms with E-state index in [-0.39, 0.29) is 0 Å². The number of thiophene rings is 2. The number of nitrogens with zero attached hydrogens (tertiary/aromatic N) is 3. The second kappa shape index (κ2) is 14.3. The largest absolute Gasteiger partial charge is 0.309 e. The average molecular weight is 862 g/mol. The molecule has 0 radical (unpaired) electrons. The van der Waals surface area contributed by atoms with Crippen molar-refractivity contribution in [2.75, 3.05) is 0 Å². The molecule has 65 heavy (non-hydrogen) atoms. The summed E-state index contributed by atoms with van der Waals surface area (Å²) in [5, 5.41) is 11.2. The maximum Gasteiger partial charge on any atom is 0.160 e. The summed E-state index contributed by atoms with van der Waals surface area (Å²) < 4.78 is 7.26. The Morgan fingerprint density at radius 3 is 1.78 bits per heavy atom. The number of rotatable bonds is 5. The molecule has 0 spiro atoms. The summed E-state index contributed by atoms with van der Waals surface area (Å²) in [6.07, 6.45) is 0. The Hall–Kier alpha value is -7.96. The molecule has 0 aliphatic carbocycles. The molecule has 0 unspecified atom stereocenters. The Morgan fingerprint density at radius 2 is 1.00 bits per heavy atom. The van der Waals surface area contributed by atoms with Crippen LogP contribution < -0.4 is 0 Å². The van der Waals surface area contributed by atoms with Crippen LogP contribution in [0.2, 0.25) is 0 Å². The highest BCUT2D eigenvalue weighted by atomic mass is 32.1. The van der Waals surface area contributed by atoms with Crippen molar-refractivity contribution in [3.05, 3.63) is 212 Å². The van der Waals surface area contributed by atoms with Crippen LogP contribution in [0, 0.1) is 0 Å². The average Bonchev–Trinajstić information content (AvgIpc) is 4.05. The number of aromatic nitrogens is 3. The summed E-state index contributed by atoms with van der Waals surface area (Å²) >= 11 is 3.61. The molecule has 0 atom stereocenters. The van der Waals surface area contributed by atoms with Crippen molar-refractivity contribution < 1.29 is 0 Å². The Bertz CT molecular complexity index is 4180. The fraction of sp³-hybridized carbons (Fsp3) is 0. The molecular formula is C60H35N3S2. The second-order valence-corrected chi connectivity index (χ2v) is 19.0. The molecule has 0 aliphatic heterocycles. The summed E-state index contributed by atoms with van der Waals surface area (Å²) in [5.41, 5.74) is 12.3. The zero-order valence-corrected chi connectivity index (χ0v) is 36.5. The highest BCUT2D eigenvalue weighted by molar-refractivity contribution is 7.26. The molecule has 0 fully saturated rings. The van der Waals surface area contributed by atoms with Crippen molar-refractivity contribution in [3.63, 3.8) is 0 Å². The van der Waals surface area contributed by atoms with Gasteiger partial charge in [0, 0.05) is 52.2 Å². The van der Waals surface area contributed by atoms with Gasteiger partial charge in [-0.2, -0.15) is 0 Å². The highest BCUT2D eigenvalue weighted by Crippen LogP contribution is 2.46. The summed E-state index contributed by atoms with van der Waals surface area (Å²) in [5.74, 6) is 0.725. The predicted octanol–water partition coefficient (Wildman–Crippen LogP) is 17.3. The van der Waals surface area contributed by atoms with Crippen molar-refractivity contribution in [2.24, 2.45) is 0 Å². The third kappa shape index (κ3) is 5.73. The van der Waals surface area contributed by atoms with Gasteiger partial charge in [-0.3, -0.25) is 0 Å². The van der Waals surface area contributed by atoms with Gasteiger partial charge in [0.15, 0.2) is 5.82 Å². The fourth-order valence-electron chi connectivity index (χ4n) is 10.1. The SMILES string of the molecule is c1ccc(-c2cc(-c3ccccc3)cc(-c3nc(-c4ccc5c(c4)sc4cccc(-n6c7cc8ccccc8cc7c7c8ccccc8ccc76)c45)nc4c3sc3ccccc34)c2)cc1. The summed E-state index contributed by atoms with van der Waals surface area (Å²) in [4.78, 5) is 11.0. The lowest BCUT2D eigenvalue weighted by atomic mass is 9.95. The smallest absolute Gasteiger partial charge is 0.160 e. The first-order valence-electron chi connectivity index (χ1n) is 22.0. The number of hydrogen-bond acceptors (Lipinski definition) is 4. The first-order valence-corrected chi connectivity index (χ1v) is 23.6. The molecule has 10 aromatic carbocycles. The van der Waals surface area contributed by atoms with Crippen LogP contribution in [0.25, 0.3) is 134 Å². The van der Waals surface area contributed by atoms with Gasteiger partial charge in [0.1, 0.15) is 0 Å². The van der Waals surface area contributed by atoms with E-state index in [2.05, 4.69) is 217 Å². The maximum absolute atomic E-state index is 5.54. The monoisotopic (exact) mass is 861 g/mol. The Labute approximate surface area is 381 Å². The van der Waals surface area contributed by atoms with Gasteiger partial charge in [-0.15, -0.1) is 22.7 Å². The van der Waals surface area contributed by atoms with Gasteiger partial charge in [0.2, 0.25) is 0 Å². The van der Waals surface area contributed by atoms with Gasteiger partial charge in [0.05, 0.1) is 32.6 Å². The van der Waals surface area contributed by atoms with Crippen LogP contribution in [0.4, 0.5) is 0 Å². The van der Waals surface area contributed by atoms with Gasteiger partial charge >= 0.3 is 0 Å². The zero-order valence-electron chi connectivity index (χ0n) is 34.9. The molecule has 4 aromatic heterocycles. The molecular weight excluding hydrogens is 827 g/mol. The van der Waals surface area contributed by atoms with E-state index in [0.717, 1.165) is 49.4 Å². The van der Waals surface area contributed by atoms with Crippen LogP contribution in [0.1, 0.15) is 0 Å². The van der Waals surface area contributed by atoms with E-state index in [1.807, 2.05) is 11.3 Å². The lowest BCUT2D eigenvalue weighted by Crippen LogP contribution is -1.95. The molecule has 3 nitrogen and oxygen atoms in total. The van der Waals surface area contributed by atoms with Gasteiger partial charge in [-0.05, 0) is 104 Å².